The molecule has 0 spiro atoms. The van der Waals surface area contributed by atoms with Crippen LogP contribution in [0.15, 0.2) is 47.5 Å². The molecule has 8 nitrogen and oxygen atoms in total. The third kappa shape index (κ3) is 4.15. The first-order chi connectivity index (χ1) is 16.5. The zero-order chi connectivity index (χ0) is 23.8. The lowest BCUT2D eigenvalue weighted by atomic mass is 10.0. The number of hydrogen-bond acceptors (Lipinski definition) is 5. The van der Waals surface area contributed by atoms with Crippen molar-refractivity contribution in [3.8, 4) is 23.0 Å². The van der Waals surface area contributed by atoms with Gasteiger partial charge in [-0.25, -0.2) is 9.67 Å². The average molecular weight is 457 g/mol. The molecule has 0 radical (unpaired) electrons. The minimum Gasteiger partial charge on any atom is -0.333 e. The highest BCUT2D eigenvalue weighted by Crippen LogP contribution is 2.33. The maximum absolute atomic E-state index is 13.4. The number of nitrogens with one attached hydrogen (secondary N) is 1. The number of benzene rings is 1. The number of likely N-dealkylation sites (tertiary alicyclic amines) is 1. The molecule has 1 saturated carbocycles. The summed E-state index contributed by atoms with van der Waals surface area (Å²) >= 11 is 0. The highest BCUT2D eigenvalue weighted by molar-refractivity contribution is 5.94. The van der Waals surface area contributed by atoms with Crippen molar-refractivity contribution in [1.82, 2.24) is 24.6 Å². The Labute approximate surface area is 198 Å². The fraction of sp³-hybridized carbons (Fsp3) is 0.385. The van der Waals surface area contributed by atoms with E-state index in [1.165, 1.54) is 4.68 Å². The summed E-state index contributed by atoms with van der Waals surface area (Å²) in [6, 6.07) is 11.4. The van der Waals surface area contributed by atoms with Crippen molar-refractivity contribution in [1.29, 1.82) is 5.26 Å². The Kier molecular flexibility index (Phi) is 5.80. The van der Waals surface area contributed by atoms with E-state index in [4.69, 9.17) is 5.26 Å². The van der Waals surface area contributed by atoms with Gasteiger partial charge < -0.3 is 9.80 Å². The molecule has 1 aliphatic carbocycles. The van der Waals surface area contributed by atoms with Gasteiger partial charge in [-0.15, -0.1) is 0 Å². The Morgan fingerprint density at radius 2 is 1.85 bits per heavy atom. The first kappa shape index (κ1) is 22.1. The monoisotopic (exact) mass is 456 g/mol. The minimum absolute atomic E-state index is 0.0313. The Bertz CT molecular complexity index is 1300. The van der Waals surface area contributed by atoms with Gasteiger partial charge in [0.1, 0.15) is 0 Å². The molecule has 1 amide bonds. The van der Waals surface area contributed by atoms with Crippen molar-refractivity contribution in [2.24, 2.45) is 0 Å². The average Bonchev–Trinajstić information content (AvgIpc) is 3.61. The molecule has 0 atom stereocenters. The van der Waals surface area contributed by atoms with Crippen LogP contribution in [0.5, 0.6) is 0 Å². The predicted octanol–water partition coefficient (Wildman–Crippen LogP) is 3.11. The van der Waals surface area contributed by atoms with Crippen LogP contribution in [-0.2, 0) is 0 Å². The molecule has 1 N–H and O–H groups in total. The van der Waals surface area contributed by atoms with Crippen LogP contribution in [0.25, 0.3) is 16.9 Å². The second-order valence-corrected chi connectivity index (χ2v) is 9.35. The van der Waals surface area contributed by atoms with E-state index in [1.807, 2.05) is 6.92 Å². The van der Waals surface area contributed by atoms with Crippen LogP contribution in [0.1, 0.15) is 47.2 Å². The number of aryl methyl sites for hydroxylation is 1. The van der Waals surface area contributed by atoms with E-state index in [0.717, 1.165) is 49.9 Å². The van der Waals surface area contributed by atoms with Gasteiger partial charge in [-0.3, -0.25) is 14.7 Å². The highest BCUT2D eigenvalue weighted by Gasteiger charge is 2.38. The van der Waals surface area contributed by atoms with E-state index < -0.39 is 0 Å². The van der Waals surface area contributed by atoms with Crippen LogP contribution in [0.4, 0.5) is 0 Å². The number of aromatic nitrogens is 3. The van der Waals surface area contributed by atoms with Crippen molar-refractivity contribution in [3.63, 3.8) is 0 Å². The minimum atomic E-state index is -0.231. The summed E-state index contributed by atoms with van der Waals surface area (Å²) in [4.78, 5) is 35.3. The molecular weight excluding hydrogens is 428 g/mol. The van der Waals surface area contributed by atoms with Crippen LogP contribution in [0, 0.1) is 18.3 Å². The number of pyridine rings is 1. The molecule has 0 unspecified atom stereocenters. The first-order valence-electron chi connectivity index (χ1n) is 11.8. The van der Waals surface area contributed by atoms with Crippen LogP contribution in [0.3, 0.4) is 0 Å². The Hall–Kier alpha value is -3.70. The number of aromatic amines is 1. The number of nitriles is 1. The van der Waals surface area contributed by atoms with Gasteiger partial charge in [0, 0.05) is 24.5 Å². The number of amides is 1. The van der Waals surface area contributed by atoms with Crippen molar-refractivity contribution in [2.45, 2.75) is 44.7 Å². The van der Waals surface area contributed by atoms with E-state index in [9.17, 15) is 9.59 Å². The second-order valence-electron chi connectivity index (χ2n) is 9.35. The summed E-state index contributed by atoms with van der Waals surface area (Å²) in [5.74, 6) is 0.459. The molecule has 3 heterocycles. The third-order valence-corrected chi connectivity index (χ3v) is 6.90. The Morgan fingerprint density at radius 3 is 2.47 bits per heavy atom. The molecule has 2 fully saturated rings. The largest absolute Gasteiger partial charge is 0.333 e. The molecule has 2 aliphatic rings. The zero-order valence-corrected chi connectivity index (χ0v) is 19.5. The van der Waals surface area contributed by atoms with Gasteiger partial charge in [0.15, 0.2) is 5.82 Å². The standard InChI is InChI=1S/C26H28N6O2/c1-17-13-18(14-27)3-7-22(17)23-16-29-32(26(23)34)24-8-4-19(15-28-24)25(33)31(20-5-6-20)21-9-11-30(2)12-10-21/h3-4,7-8,13,15-16,20-21,29H,5-6,9-12H2,1-2H3. The van der Waals surface area contributed by atoms with E-state index in [-0.39, 0.29) is 17.5 Å². The number of H-pyrrole nitrogens is 1. The van der Waals surface area contributed by atoms with Gasteiger partial charge in [0.05, 0.1) is 22.8 Å². The van der Waals surface area contributed by atoms with E-state index in [2.05, 4.69) is 33.0 Å². The Balaban J connectivity index is 1.38. The summed E-state index contributed by atoms with van der Waals surface area (Å²) in [5, 5.41) is 12.1. The molecule has 174 valence electrons. The van der Waals surface area contributed by atoms with E-state index in [1.54, 1.807) is 42.7 Å². The normalized spacial score (nSPS) is 16.9. The quantitative estimate of drug-likeness (QED) is 0.636. The predicted molar refractivity (Wildman–Crippen MR) is 129 cm³/mol. The van der Waals surface area contributed by atoms with Gasteiger partial charge in [-0.05, 0) is 88.1 Å². The number of hydrogen-bond donors (Lipinski definition) is 1. The van der Waals surface area contributed by atoms with Crippen LogP contribution in [0.2, 0.25) is 0 Å². The van der Waals surface area contributed by atoms with Gasteiger partial charge in [0.2, 0.25) is 0 Å². The third-order valence-electron chi connectivity index (χ3n) is 6.90. The SMILES string of the molecule is Cc1cc(C#N)ccc1-c1c[nH]n(-c2ccc(C(=O)N(C3CC3)C3CCN(C)CC3)cn2)c1=O. The topological polar surface area (TPSA) is 98.0 Å². The molecule has 8 heteroatoms. The summed E-state index contributed by atoms with van der Waals surface area (Å²) in [6.45, 7) is 3.89. The van der Waals surface area contributed by atoms with Gasteiger partial charge in [-0.2, -0.15) is 5.26 Å². The summed E-state index contributed by atoms with van der Waals surface area (Å²) < 4.78 is 1.37. The Morgan fingerprint density at radius 1 is 1.12 bits per heavy atom. The number of rotatable bonds is 5. The van der Waals surface area contributed by atoms with Crippen molar-refractivity contribution in [3.05, 3.63) is 69.8 Å². The number of nitrogens with zero attached hydrogens (tertiary/aromatic N) is 5. The zero-order valence-electron chi connectivity index (χ0n) is 19.5. The van der Waals surface area contributed by atoms with Crippen LogP contribution in [-0.4, -0.2) is 62.7 Å². The lowest BCUT2D eigenvalue weighted by Crippen LogP contribution is -2.47. The fourth-order valence-corrected chi connectivity index (χ4v) is 4.82. The molecule has 0 bridgehead atoms. The molecular formula is C26H28N6O2. The number of carbonyl (C=O) groups excluding carboxylic acids is 1. The summed E-state index contributed by atoms with van der Waals surface area (Å²) in [7, 11) is 2.12. The van der Waals surface area contributed by atoms with Gasteiger partial charge >= 0.3 is 0 Å². The maximum Gasteiger partial charge on any atom is 0.280 e. The molecule has 34 heavy (non-hydrogen) atoms. The maximum atomic E-state index is 13.4. The van der Waals surface area contributed by atoms with Crippen molar-refractivity contribution < 1.29 is 4.79 Å². The van der Waals surface area contributed by atoms with E-state index in [0.29, 0.717) is 28.6 Å². The molecule has 1 aliphatic heterocycles. The molecule has 1 saturated heterocycles. The molecule has 1 aromatic carbocycles. The van der Waals surface area contributed by atoms with E-state index >= 15 is 0 Å². The number of carbonyl (C=O) groups is 1. The smallest absolute Gasteiger partial charge is 0.280 e. The lowest BCUT2D eigenvalue weighted by molar-refractivity contribution is 0.0569. The molecule has 5 rings (SSSR count). The fourth-order valence-electron chi connectivity index (χ4n) is 4.82. The van der Waals surface area contributed by atoms with Crippen molar-refractivity contribution in [2.75, 3.05) is 20.1 Å². The van der Waals surface area contributed by atoms with Crippen molar-refractivity contribution >= 4 is 5.91 Å². The highest BCUT2D eigenvalue weighted by atomic mass is 16.2. The number of piperidine rings is 1. The first-order valence-corrected chi connectivity index (χ1v) is 11.8. The molecule has 2 aromatic heterocycles. The summed E-state index contributed by atoms with van der Waals surface area (Å²) in [6.07, 6.45) is 7.35. The summed E-state index contributed by atoms with van der Waals surface area (Å²) in [5.41, 5.74) is 3.00. The molecule has 3 aromatic rings. The van der Waals surface area contributed by atoms with Gasteiger partial charge in [0.25, 0.3) is 11.5 Å². The van der Waals surface area contributed by atoms with Crippen LogP contribution >= 0.6 is 0 Å². The lowest BCUT2D eigenvalue weighted by Gasteiger charge is -2.37. The second kappa shape index (κ2) is 8.92. The van der Waals surface area contributed by atoms with Gasteiger partial charge in [-0.1, -0.05) is 6.07 Å². The van der Waals surface area contributed by atoms with Crippen LogP contribution < -0.4 is 5.56 Å².